The lowest BCUT2D eigenvalue weighted by molar-refractivity contribution is 0.127. The highest BCUT2D eigenvalue weighted by atomic mass is 16.5. The van der Waals surface area contributed by atoms with E-state index in [0.717, 1.165) is 22.4 Å². The van der Waals surface area contributed by atoms with Crippen molar-refractivity contribution in [1.82, 2.24) is 5.32 Å². The second-order valence-corrected chi connectivity index (χ2v) is 5.32. The molecule has 3 heteroatoms. The molecular weight excluding hydrogens is 262 g/mol. The van der Waals surface area contributed by atoms with E-state index in [1.54, 1.807) is 0 Å². The fourth-order valence-electron chi connectivity index (χ4n) is 2.27. The number of hydrogen-bond donors (Lipinski definition) is 2. The molecule has 2 N–H and O–H groups in total. The van der Waals surface area contributed by atoms with Crippen molar-refractivity contribution in [3.63, 3.8) is 0 Å². The second kappa shape index (κ2) is 7.25. The molecule has 2 aromatic carbocycles. The molecule has 2 atom stereocenters. The molecule has 112 valence electrons. The van der Waals surface area contributed by atoms with E-state index in [4.69, 9.17) is 4.74 Å². The van der Waals surface area contributed by atoms with E-state index in [1.807, 2.05) is 69.3 Å². The van der Waals surface area contributed by atoms with E-state index in [1.165, 1.54) is 0 Å². The first-order valence-electron chi connectivity index (χ1n) is 7.27. The molecule has 2 aromatic rings. The standard InChI is InChI=1S/C18H23NO2/c1-13-8-7-9-14(2)18(13)21-15(3)19-12-17(20)16-10-5-4-6-11-16/h4-11,15,17,19-20H,12H2,1-3H3/t15?,17-/m0/s1. The Labute approximate surface area is 126 Å². The van der Waals surface area contributed by atoms with Crippen molar-refractivity contribution in [3.05, 3.63) is 65.2 Å². The lowest BCUT2D eigenvalue weighted by atomic mass is 10.1. The highest BCUT2D eigenvalue weighted by Crippen LogP contribution is 2.23. The van der Waals surface area contributed by atoms with Gasteiger partial charge in [-0.2, -0.15) is 0 Å². The second-order valence-electron chi connectivity index (χ2n) is 5.32. The Bertz CT molecular complexity index is 548. The highest BCUT2D eigenvalue weighted by molar-refractivity contribution is 5.39. The van der Waals surface area contributed by atoms with Crippen molar-refractivity contribution in [2.24, 2.45) is 0 Å². The van der Waals surface area contributed by atoms with Crippen LogP contribution in [0.15, 0.2) is 48.5 Å². The largest absolute Gasteiger partial charge is 0.475 e. The SMILES string of the molecule is Cc1cccc(C)c1OC(C)NC[C@H](O)c1ccccc1. The van der Waals surface area contributed by atoms with Crippen LogP contribution in [0.25, 0.3) is 0 Å². The van der Waals surface area contributed by atoms with E-state index >= 15 is 0 Å². The summed E-state index contributed by atoms with van der Waals surface area (Å²) in [7, 11) is 0. The average molecular weight is 285 g/mol. The van der Waals surface area contributed by atoms with Crippen molar-refractivity contribution in [2.75, 3.05) is 6.54 Å². The highest BCUT2D eigenvalue weighted by Gasteiger charge is 2.11. The predicted molar refractivity (Wildman–Crippen MR) is 85.4 cm³/mol. The lowest BCUT2D eigenvalue weighted by Gasteiger charge is -2.21. The number of aliphatic hydroxyl groups is 1. The topological polar surface area (TPSA) is 41.5 Å². The van der Waals surface area contributed by atoms with Gasteiger partial charge in [-0.3, -0.25) is 5.32 Å². The summed E-state index contributed by atoms with van der Waals surface area (Å²) in [5, 5.41) is 13.3. The maximum atomic E-state index is 10.1. The molecule has 0 heterocycles. The summed E-state index contributed by atoms with van der Waals surface area (Å²) in [6, 6.07) is 15.7. The Hall–Kier alpha value is -1.84. The van der Waals surface area contributed by atoms with Gasteiger partial charge in [0, 0.05) is 6.54 Å². The zero-order valence-corrected chi connectivity index (χ0v) is 12.8. The Morgan fingerprint density at radius 1 is 1.00 bits per heavy atom. The van der Waals surface area contributed by atoms with Gasteiger partial charge in [0.25, 0.3) is 0 Å². The fraction of sp³-hybridized carbons (Fsp3) is 0.333. The lowest BCUT2D eigenvalue weighted by Crippen LogP contribution is -2.35. The van der Waals surface area contributed by atoms with E-state index in [0.29, 0.717) is 6.54 Å². The average Bonchev–Trinajstić information content (AvgIpc) is 2.49. The molecule has 2 rings (SSSR count). The summed E-state index contributed by atoms with van der Waals surface area (Å²) in [5.74, 6) is 0.909. The van der Waals surface area contributed by atoms with Crippen molar-refractivity contribution in [1.29, 1.82) is 0 Å². The maximum Gasteiger partial charge on any atom is 0.147 e. The molecule has 3 nitrogen and oxygen atoms in total. The Morgan fingerprint density at radius 2 is 1.62 bits per heavy atom. The van der Waals surface area contributed by atoms with Crippen molar-refractivity contribution >= 4 is 0 Å². The monoisotopic (exact) mass is 285 g/mol. The van der Waals surface area contributed by atoms with Crippen LogP contribution in [0.4, 0.5) is 0 Å². The molecule has 0 radical (unpaired) electrons. The quantitative estimate of drug-likeness (QED) is 0.800. The smallest absolute Gasteiger partial charge is 0.147 e. The number of rotatable bonds is 6. The molecule has 0 spiro atoms. The van der Waals surface area contributed by atoms with Gasteiger partial charge in [0.15, 0.2) is 0 Å². The minimum atomic E-state index is -0.532. The number of hydrogen-bond acceptors (Lipinski definition) is 3. The third-order valence-corrected chi connectivity index (χ3v) is 3.49. The fourth-order valence-corrected chi connectivity index (χ4v) is 2.27. The van der Waals surface area contributed by atoms with Gasteiger partial charge in [-0.05, 0) is 37.5 Å². The van der Waals surface area contributed by atoms with Crippen LogP contribution in [0.5, 0.6) is 5.75 Å². The van der Waals surface area contributed by atoms with Crippen LogP contribution >= 0.6 is 0 Å². The molecule has 0 saturated heterocycles. The number of para-hydroxylation sites is 1. The van der Waals surface area contributed by atoms with E-state index in [2.05, 4.69) is 5.32 Å². The van der Waals surface area contributed by atoms with Gasteiger partial charge in [0.2, 0.25) is 0 Å². The van der Waals surface area contributed by atoms with Crippen LogP contribution in [0, 0.1) is 13.8 Å². The first-order valence-corrected chi connectivity index (χ1v) is 7.27. The number of aryl methyl sites for hydroxylation is 2. The Kier molecular flexibility index (Phi) is 5.37. The molecule has 0 aliphatic heterocycles. The first kappa shape index (κ1) is 15.5. The van der Waals surface area contributed by atoms with Crippen LogP contribution < -0.4 is 10.1 Å². The van der Waals surface area contributed by atoms with Gasteiger partial charge in [-0.25, -0.2) is 0 Å². The minimum absolute atomic E-state index is 0.164. The zero-order chi connectivity index (χ0) is 15.2. The van der Waals surface area contributed by atoms with E-state index in [-0.39, 0.29) is 6.23 Å². The summed E-state index contributed by atoms with van der Waals surface area (Å²) >= 11 is 0. The Morgan fingerprint density at radius 3 is 2.24 bits per heavy atom. The summed E-state index contributed by atoms with van der Waals surface area (Å²) in [6.07, 6.45) is -0.696. The van der Waals surface area contributed by atoms with Gasteiger partial charge in [-0.15, -0.1) is 0 Å². The minimum Gasteiger partial charge on any atom is -0.475 e. The molecule has 0 aliphatic carbocycles. The van der Waals surface area contributed by atoms with Gasteiger partial charge >= 0.3 is 0 Å². The molecule has 0 aliphatic rings. The third kappa shape index (κ3) is 4.31. The molecule has 21 heavy (non-hydrogen) atoms. The van der Waals surface area contributed by atoms with E-state index in [9.17, 15) is 5.11 Å². The van der Waals surface area contributed by atoms with Gasteiger partial charge in [0.1, 0.15) is 12.0 Å². The third-order valence-electron chi connectivity index (χ3n) is 3.49. The zero-order valence-electron chi connectivity index (χ0n) is 12.8. The van der Waals surface area contributed by atoms with Gasteiger partial charge < -0.3 is 9.84 Å². The normalized spacial score (nSPS) is 13.7. The van der Waals surface area contributed by atoms with Gasteiger partial charge in [0.05, 0.1) is 6.10 Å². The van der Waals surface area contributed by atoms with Crippen molar-refractivity contribution < 1.29 is 9.84 Å². The molecule has 1 unspecified atom stereocenters. The number of benzene rings is 2. The molecule has 0 fully saturated rings. The van der Waals surface area contributed by atoms with Crippen LogP contribution in [0.1, 0.15) is 29.7 Å². The molecule has 0 saturated carbocycles. The van der Waals surface area contributed by atoms with Crippen molar-refractivity contribution in [3.8, 4) is 5.75 Å². The van der Waals surface area contributed by atoms with Crippen molar-refractivity contribution in [2.45, 2.75) is 33.1 Å². The van der Waals surface area contributed by atoms with Gasteiger partial charge in [-0.1, -0.05) is 48.5 Å². The maximum absolute atomic E-state index is 10.1. The molecule has 0 aromatic heterocycles. The van der Waals surface area contributed by atoms with Crippen LogP contribution in [0.3, 0.4) is 0 Å². The first-order chi connectivity index (χ1) is 10.1. The summed E-state index contributed by atoms with van der Waals surface area (Å²) in [5.41, 5.74) is 3.14. The predicted octanol–water partition coefficient (Wildman–Crippen LogP) is 3.35. The molecule has 0 bridgehead atoms. The van der Waals surface area contributed by atoms with Crippen LogP contribution in [0.2, 0.25) is 0 Å². The summed E-state index contributed by atoms with van der Waals surface area (Å²) < 4.78 is 5.94. The van der Waals surface area contributed by atoms with Crippen LogP contribution in [-0.4, -0.2) is 17.9 Å². The van der Waals surface area contributed by atoms with E-state index < -0.39 is 6.10 Å². The Balaban J connectivity index is 1.89. The summed E-state index contributed by atoms with van der Waals surface area (Å²) in [6.45, 7) is 6.47. The molecule has 0 amide bonds. The number of nitrogens with one attached hydrogen (secondary N) is 1. The molecular formula is C18H23NO2. The van der Waals surface area contributed by atoms with Crippen LogP contribution in [-0.2, 0) is 0 Å². The summed E-state index contributed by atoms with van der Waals surface area (Å²) in [4.78, 5) is 0. The number of aliphatic hydroxyl groups excluding tert-OH is 1. The number of ether oxygens (including phenoxy) is 1.